The summed E-state index contributed by atoms with van der Waals surface area (Å²) in [6, 6.07) is 2.13. The highest BCUT2D eigenvalue weighted by Gasteiger charge is 2.29. The Labute approximate surface area is 213 Å². The van der Waals surface area contributed by atoms with Crippen molar-refractivity contribution in [2.45, 2.75) is 111 Å². The summed E-state index contributed by atoms with van der Waals surface area (Å²) in [6.07, 6.45) is 4.54. The van der Waals surface area contributed by atoms with Crippen molar-refractivity contribution in [1.29, 1.82) is 0 Å². The first kappa shape index (κ1) is 35.4. The Balaban J connectivity index is 0. The average Bonchev–Trinajstić information content (AvgIpc) is 2.58. The third-order valence-corrected chi connectivity index (χ3v) is 16.9. The van der Waals surface area contributed by atoms with Crippen molar-refractivity contribution < 1.29 is 27.7 Å². The molecule has 0 saturated carbocycles. The second-order valence-corrected chi connectivity index (χ2v) is 30.2. The van der Waals surface area contributed by atoms with E-state index in [1.807, 2.05) is 0 Å². The van der Waals surface area contributed by atoms with Gasteiger partial charge in [0.1, 0.15) is 0 Å². The molecule has 6 nitrogen and oxygen atoms in total. The number of carbonyl (C=O) groups excluding carboxylic acids is 1. The molecule has 0 saturated heterocycles. The molecule has 0 amide bonds. The summed E-state index contributed by atoms with van der Waals surface area (Å²) in [4.78, 5) is 21.8. The first-order valence-electron chi connectivity index (χ1n) is 12.2. The van der Waals surface area contributed by atoms with E-state index >= 15 is 0 Å². The number of carboxylic acids is 1. The van der Waals surface area contributed by atoms with Gasteiger partial charge in [-0.15, -0.1) is 0 Å². The van der Waals surface area contributed by atoms with E-state index in [1.54, 1.807) is 19.9 Å². The SMILES string of the molecule is C=C(C)C(=O)OCCC[Si](C)(C)O[Si](C)(C)C.CC(=CCCC[Si](C)(C)O[Si](C)(C)C)C(=O)O. The monoisotopic (exact) mass is 548 g/mol. The van der Waals surface area contributed by atoms with Gasteiger partial charge in [0.05, 0.1) is 6.61 Å². The summed E-state index contributed by atoms with van der Waals surface area (Å²) in [5.74, 6) is -1.12. The number of aliphatic carboxylic acids is 1. The van der Waals surface area contributed by atoms with Crippen molar-refractivity contribution in [3.63, 3.8) is 0 Å². The zero-order chi connectivity index (χ0) is 27.4. The Bertz CT molecular complexity index is 689. The minimum atomic E-state index is -1.59. The first-order chi connectivity index (χ1) is 15.1. The molecule has 0 bridgehead atoms. The summed E-state index contributed by atoms with van der Waals surface area (Å²) in [6.45, 7) is 29.6. The maximum absolute atomic E-state index is 11.2. The zero-order valence-corrected chi connectivity index (χ0v) is 28.0. The molecule has 0 aliphatic heterocycles. The lowest BCUT2D eigenvalue weighted by Crippen LogP contribution is -2.42. The summed E-state index contributed by atoms with van der Waals surface area (Å²) in [5, 5.41) is 8.72. The van der Waals surface area contributed by atoms with Crippen LogP contribution in [0.25, 0.3) is 0 Å². The Morgan fingerprint density at radius 2 is 1.21 bits per heavy atom. The van der Waals surface area contributed by atoms with Crippen LogP contribution in [0.3, 0.4) is 0 Å². The third-order valence-electron chi connectivity index (χ3n) is 4.44. The van der Waals surface area contributed by atoms with E-state index in [0.717, 1.165) is 31.4 Å². The van der Waals surface area contributed by atoms with E-state index in [2.05, 4.69) is 72.0 Å². The van der Waals surface area contributed by atoms with Gasteiger partial charge in [-0.05, 0) is 104 Å². The van der Waals surface area contributed by atoms with Crippen LogP contribution in [-0.4, -0.2) is 56.9 Å². The van der Waals surface area contributed by atoms with Gasteiger partial charge in [-0.1, -0.05) is 19.1 Å². The van der Waals surface area contributed by atoms with Gasteiger partial charge in [-0.2, -0.15) is 0 Å². The smallest absolute Gasteiger partial charge is 0.333 e. The van der Waals surface area contributed by atoms with Crippen molar-refractivity contribution in [3.8, 4) is 0 Å². The van der Waals surface area contributed by atoms with Crippen LogP contribution in [0.1, 0.15) is 33.1 Å². The van der Waals surface area contributed by atoms with E-state index in [4.69, 9.17) is 18.1 Å². The van der Waals surface area contributed by atoms with Crippen molar-refractivity contribution >= 4 is 45.2 Å². The quantitative estimate of drug-likeness (QED) is 0.105. The van der Waals surface area contributed by atoms with Crippen LogP contribution in [0.4, 0.5) is 0 Å². The van der Waals surface area contributed by atoms with E-state index in [1.165, 1.54) is 0 Å². The lowest BCUT2D eigenvalue weighted by Gasteiger charge is -2.31. The summed E-state index contributed by atoms with van der Waals surface area (Å²) < 4.78 is 17.5. The van der Waals surface area contributed by atoms with E-state index in [-0.39, 0.29) is 5.97 Å². The molecule has 0 unspecified atom stereocenters. The maximum atomic E-state index is 11.2. The second kappa shape index (κ2) is 15.3. The van der Waals surface area contributed by atoms with Crippen LogP contribution in [-0.2, 0) is 22.6 Å². The highest BCUT2D eigenvalue weighted by atomic mass is 28.4. The lowest BCUT2D eigenvalue weighted by atomic mass is 10.2. The molecule has 0 fully saturated rings. The van der Waals surface area contributed by atoms with Crippen molar-refractivity contribution in [3.05, 3.63) is 23.8 Å². The molecule has 34 heavy (non-hydrogen) atoms. The molecule has 200 valence electrons. The molecule has 1 N–H and O–H groups in total. The number of ether oxygens (including phenoxy) is 1. The van der Waals surface area contributed by atoms with Gasteiger partial charge in [0.25, 0.3) is 0 Å². The molecule has 0 radical (unpaired) electrons. The summed E-state index contributed by atoms with van der Waals surface area (Å²) in [5.41, 5.74) is 0.899. The largest absolute Gasteiger partial charge is 0.478 e. The Morgan fingerprint density at radius 1 is 0.794 bits per heavy atom. The van der Waals surface area contributed by atoms with Crippen LogP contribution in [0, 0.1) is 0 Å². The predicted molar refractivity (Wildman–Crippen MR) is 154 cm³/mol. The fraction of sp³-hybridized carbons (Fsp3) is 0.750. The molecule has 0 aliphatic carbocycles. The molecule has 10 heteroatoms. The van der Waals surface area contributed by atoms with Gasteiger partial charge in [0, 0.05) is 11.1 Å². The van der Waals surface area contributed by atoms with Crippen LogP contribution in [0.2, 0.25) is 77.6 Å². The highest BCUT2D eigenvalue weighted by Crippen LogP contribution is 2.21. The first-order valence-corrected chi connectivity index (χ1v) is 25.2. The standard InChI is InChI=1S/2C12H26O3Si2/c1-11(2)12(13)14-9-8-10-17(6,7)15-16(3,4)5;1-11(12(13)14)9-7-8-10-17(5,6)15-16(2,3)4/h1,8-10H2,2-7H3;9H,7-8,10H2,1-6H3,(H,13,14). The summed E-state index contributed by atoms with van der Waals surface area (Å²) in [7, 11) is -6.04. The van der Waals surface area contributed by atoms with E-state index in [0.29, 0.717) is 17.8 Å². The lowest BCUT2D eigenvalue weighted by molar-refractivity contribution is -0.139. The highest BCUT2D eigenvalue weighted by molar-refractivity contribution is 6.84. The fourth-order valence-corrected chi connectivity index (χ4v) is 19.6. The minimum absolute atomic E-state index is 0.296. The number of esters is 1. The molecule has 0 atom stereocenters. The van der Waals surface area contributed by atoms with Gasteiger partial charge in [-0.3, -0.25) is 0 Å². The normalized spacial score (nSPS) is 13.1. The van der Waals surface area contributed by atoms with E-state index in [9.17, 15) is 9.59 Å². The molecule has 0 aromatic carbocycles. The molecular weight excluding hydrogens is 497 g/mol. The Kier molecular flexibility index (Phi) is 16.0. The molecular formula is C24H52O6Si4. The zero-order valence-electron chi connectivity index (χ0n) is 24.0. The number of allylic oxidation sites excluding steroid dienone is 1. The molecule has 0 spiro atoms. The van der Waals surface area contributed by atoms with Crippen LogP contribution < -0.4 is 0 Å². The maximum Gasteiger partial charge on any atom is 0.333 e. The van der Waals surface area contributed by atoms with Gasteiger partial charge < -0.3 is 18.1 Å². The third kappa shape index (κ3) is 23.0. The molecule has 0 aromatic heterocycles. The number of carbonyl (C=O) groups is 2. The van der Waals surface area contributed by atoms with Crippen LogP contribution in [0.5, 0.6) is 0 Å². The topological polar surface area (TPSA) is 82.1 Å². The molecule has 0 heterocycles. The van der Waals surface area contributed by atoms with Gasteiger partial charge in [0.2, 0.25) is 0 Å². The second-order valence-electron chi connectivity index (χ2n) is 12.1. The van der Waals surface area contributed by atoms with E-state index < -0.39 is 39.2 Å². The minimum Gasteiger partial charge on any atom is -0.478 e. The van der Waals surface area contributed by atoms with Crippen molar-refractivity contribution in [2.24, 2.45) is 0 Å². The number of hydrogen-bond acceptors (Lipinski definition) is 5. The van der Waals surface area contributed by atoms with Crippen molar-refractivity contribution in [1.82, 2.24) is 0 Å². The van der Waals surface area contributed by atoms with Gasteiger partial charge in [0.15, 0.2) is 33.3 Å². The van der Waals surface area contributed by atoms with Crippen LogP contribution in [0.15, 0.2) is 23.8 Å². The van der Waals surface area contributed by atoms with Crippen LogP contribution >= 0.6 is 0 Å². The number of hydrogen-bond donors (Lipinski definition) is 1. The Morgan fingerprint density at radius 3 is 1.56 bits per heavy atom. The number of rotatable bonds is 14. The predicted octanol–water partition coefficient (Wildman–Crippen LogP) is 7.41. The number of carboxylic acid groups (broad SMARTS) is 1. The molecule has 0 aliphatic rings. The summed E-state index contributed by atoms with van der Waals surface area (Å²) >= 11 is 0. The van der Waals surface area contributed by atoms with Gasteiger partial charge in [-0.25, -0.2) is 9.59 Å². The molecule has 0 rings (SSSR count). The number of unbranched alkanes of at least 4 members (excludes halogenated alkanes) is 1. The average molecular weight is 549 g/mol. The van der Waals surface area contributed by atoms with Gasteiger partial charge >= 0.3 is 11.9 Å². The fourth-order valence-electron chi connectivity index (χ4n) is 3.48. The van der Waals surface area contributed by atoms with Crippen molar-refractivity contribution in [2.75, 3.05) is 6.61 Å². The molecule has 0 aromatic rings. The Hall–Kier alpha value is -0.792.